The fourth-order valence-electron chi connectivity index (χ4n) is 1.72. The average molecular weight is 288 g/mol. The number of urea groups is 1. The monoisotopic (exact) mass is 288 g/mol. The summed E-state index contributed by atoms with van der Waals surface area (Å²) in [5, 5.41) is 13.9. The number of hydrogen-bond acceptors (Lipinski definition) is 2. The zero-order valence-corrected chi connectivity index (χ0v) is 11.2. The second-order valence-corrected chi connectivity index (χ2v) is 4.44. The third-order valence-corrected chi connectivity index (χ3v) is 2.77. The van der Waals surface area contributed by atoms with Gasteiger partial charge in [0.1, 0.15) is 5.82 Å². The lowest BCUT2D eigenvalue weighted by molar-refractivity contribution is 0.0697. The van der Waals surface area contributed by atoms with Gasteiger partial charge in [0.05, 0.1) is 11.3 Å². The molecule has 2 aromatic carbocycles. The van der Waals surface area contributed by atoms with Gasteiger partial charge >= 0.3 is 12.0 Å². The number of anilines is 2. The van der Waals surface area contributed by atoms with E-state index in [-0.39, 0.29) is 11.3 Å². The third kappa shape index (κ3) is 3.79. The minimum absolute atomic E-state index is 0.0218. The summed E-state index contributed by atoms with van der Waals surface area (Å²) in [5.74, 6) is -2.00. The number of benzene rings is 2. The number of carboxylic acid groups (broad SMARTS) is 1. The van der Waals surface area contributed by atoms with E-state index in [1.165, 1.54) is 6.07 Å². The molecule has 3 N–H and O–H groups in total. The maximum absolute atomic E-state index is 13.0. The molecule has 0 aromatic heterocycles. The summed E-state index contributed by atoms with van der Waals surface area (Å²) in [4.78, 5) is 22.8. The molecule has 0 radical (unpaired) electrons. The van der Waals surface area contributed by atoms with Crippen LogP contribution < -0.4 is 10.6 Å². The van der Waals surface area contributed by atoms with Crippen molar-refractivity contribution in [3.05, 3.63) is 59.4 Å². The van der Waals surface area contributed by atoms with Gasteiger partial charge in [-0.25, -0.2) is 14.0 Å². The van der Waals surface area contributed by atoms with Crippen LogP contribution in [-0.4, -0.2) is 17.1 Å². The zero-order chi connectivity index (χ0) is 15.4. The molecule has 0 saturated heterocycles. The van der Waals surface area contributed by atoms with Crippen LogP contribution in [0.2, 0.25) is 0 Å². The summed E-state index contributed by atoms with van der Waals surface area (Å²) in [5.41, 5.74) is 1.33. The first-order chi connectivity index (χ1) is 9.95. The van der Waals surface area contributed by atoms with E-state index >= 15 is 0 Å². The van der Waals surface area contributed by atoms with E-state index in [9.17, 15) is 14.0 Å². The summed E-state index contributed by atoms with van der Waals surface area (Å²) in [6, 6.07) is 9.63. The van der Waals surface area contributed by atoms with Crippen LogP contribution >= 0.6 is 0 Å². The standard InChI is InChI=1S/C15H13FN2O3/c1-9-2-5-11(6-3-9)17-15(21)18-13-7-4-10(16)8-12(13)14(19)20/h2-8H,1H3,(H,19,20)(H2,17,18,21). The van der Waals surface area contributed by atoms with Crippen LogP contribution in [0.4, 0.5) is 20.6 Å². The maximum atomic E-state index is 13.0. The first-order valence-electron chi connectivity index (χ1n) is 6.13. The van der Waals surface area contributed by atoms with Gasteiger partial charge in [0.2, 0.25) is 0 Å². The number of hydrogen-bond donors (Lipinski definition) is 3. The molecule has 2 aromatic rings. The van der Waals surface area contributed by atoms with E-state index < -0.39 is 17.8 Å². The van der Waals surface area contributed by atoms with Crippen LogP contribution in [0.5, 0.6) is 0 Å². The quantitative estimate of drug-likeness (QED) is 0.809. The van der Waals surface area contributed by atoms with Crippen molar-refractivity contribution in [1.82, 2.24) is 0 Å². The predicted molar refractivity (Wildman–Crippen MR) is 77.2 cm³/mol. The van der Waals surface area contributed by atoms with E-state index in [0.717, 1.165) is 17.7 Å². The van der Waals surface area contributed by atoms with Crippen LogP contribution in [0.3, 0.4) is 0 Å². The number of aryl methyl sites for hydroxylation is 1. The number of amides is 2. The molecule has 0 atom stereocenters. The van der Waals surface area contributed by atoms with Crippen molar-refractivity contribution < 1.29 is 19.1 Å². The van der Waals surface area contributed by atoms with Crippen molar-refractivity contribution in [3.63, 3.8) is 0 Å². The molecule has 0 bridgehead atoms. The number of carbonyl (C=O) groups excluding carboxylic acids is 1. The van der Waals surface area contributed by atoms with E-state index in [1.54, 1.807) is 12.1 Å². The topological polar surface area (TPSA) is 78.4 Å². The minimum atomic E-state index is -1.32. The van der Waals surface area contributed by atoms with Crippen LogP contribution in [-0.2, 0) is 0 Å². The lowest BCUT2D eigenvalue weighted by Crippen LogP contribution is -2.21. The molecule has 6 heteroatoms. The molecule has 0 aliphatic rings. The number of rotatable bonds is 3. The Bertz CT molecular complexity index is 684. The smallest absolute Gasteiger partial charge is 0.337 e. The van der Waals surface area contributed by atoms with Gasteiger partial charge in [0.25, 0.3) is 0 Å². The summed E-state index contributed by atoms with van der Waals surface area (Å²) in [6.07, 6.45) is 0. The fraction of sp³-hybridized carbons (Fsp3) is 0.0667. The van der Waals surface area contributed by atoms with Gasteiger partial charge in [-0.3, -0.25) is 0 Å². The minimum Gasteiger partial charge on any atom is -0.478 e. The highest BCUT2D eigenvalue weighted by Crippen LogP contribution is 2.18. The molecule has 0 heterocycles. The molecule has 0 unspecified atom stereocenters. The van der Waals surface area contributed by atoms with Crippen molar-refractivity contribution in [2.45, 2.75) is 6.92 Å². The lowest BCUT2D eigenvalue weighted by atomic mass is 10.1. The predicted octanol–water partition coefficient (Wildman–Crippen LogP) is 3.48. The molecule has 0 aliphatic heterocycles. The number of carboxylic acids is 1. The Morgan fingerprint density at radius 1 is 1.05 bits per heavy atom. The van der Waals surface area contributed by atoms with Crippen LogP contribution in [0.1, 0.15) is 15.9 Å². The van der Waals surface area contributed by atoms with Crippen molar-refractivity contribution in [2.75, 3.05) is 10.6 Å². The van der Waals surface area contributed by atoms with Gasteiger partial charge in [-0.15, -0.1) is 0 Å². The largest absolute Gasteiger partial charge is 0.478 e. The molecule has 2 rings (SSSR count). The molecule has 0 aliphatic carbocycles. The van der Waals surface area contributed by atoms with Crippen molar-refractivity contribution in [1.29, 1.82) is 0 Å². The highest BCUT2D eigenvalue weighted by atomic mass is 19.1. The molecule has 21 heavy (non-hydrogen) atoms. The summed E-state index contributed by atoms with van der Waals surface area (Å²) < 4.78 is 13.0. The van der Waals surface area contributed by atoms with Crippen molar-refractivity contribution >= 4 is 23.4 Å². The fourth-order valence-corrected chi connectivity index (χ4v) is 1.72. The second kappa shape index (κ2) is 6.04. The number of aromatic carboxylic acids is 1. The molecule has 5 nitrogen and oxygen atoms in total. The first kappa shape index (κ1) is 14.5. The lowest BCUT2D eigenvalue weighted by Gasteiger charge is -2.10. The van der Waals surface area contributed by atoms with E-state index in [1.807, 2.05) is 19.1 Å². The van der Waals surface area contributed by atoms with E-state index in [0.29, 0.717) is 5.69 Å². The highest BCUT2D eigenvalue weighted by molar-refractivity contribution is 6.04. The molecule has 0 fully saturated rings. The molecule has 108 valence electrons. The van der Waals surface area contributed by atoms with Crippen molar-refractivity contribution in [2.24, 2.45) is 0 Å². The number of nitrogens with one attached hydrogen (secondary N) is 2. The zero-order valence-electron chi connectivity index (χ0n) is 11.2. The summed E-state index contributed by atoms with van der Waals surface area (Å²) >= 11 is 0. The first-order valence-corrected chi connectivity index (χ1v) is 6.13. The Labute approximate surface area is 120 Å². The van der Waals surface area contributed by atoms with Gasteiger partial charge in [0.15, 0.2) is 0 Å². The molecule has 0 spiro atoms. The Morgan fingerprint density at radius 3 is 2.33 bits per heavy atom. The Balaban J connectivity index is 2.12. The van der Waals surface area contributed by atoms with Crippen molar-refractivity contribution in [3.8, 4) is 0 Å². The summed E-state index contributed by atoms with van der Waals surface area (Å²) in [6.45, 7) is 1.92. The van der Waals surface area contributed by atoms with Gasteiger partial charge < -0.3 is 15.7 Å². The highest BCUT2D eigenvalue weighted by Gasteiger charge is 2.13. The van der Waals surface area contributed by atoms with E-state index in [4.69, 9.17) is 5.11 Å². The normalized spacial score (nSPS) is 10.0. The van der Waals surface area contributed by atoms with Gasteiger partial charge in [0, 0.05) is 5.69 Å². The SMILES string of the molecule is Cc1ccc(NC(=O)Nc2ccc(F)cc2C(=O)O)cc1. The van der Waals surface area contributed by atoms with Crippen LogP contribution in [0.15, 0.2) is 42.5 Å². The molecular formula is C15H13FN2O3. The molecule has 2 amide bonds. The van der Waals surface area contributed by atoms with Gasteiger partial charge in [-0.05, 0) is 37.3 Å². The Morgan fingerprint density at radius 2 is 1.71 bits per heavy atom. The van der Waals surface area contributed by atoms with Gasteiger partial charge in [-0.1, -0.05) is 17.7 Å². The second-order valence-electron chi connectivity index (χ2n) is 4.44. The van der Waals surface area contributed by atoms with Gasteiger partial charge in [-0.2, -0.15) is 0 Å². The average Bonchev–Trinajstić information content (AvgIpc) is 2.43. The maximum Gasteiger partial charge on any atom is 0.337 e. The Hall–Kier alpha value is -2.89. The third-order valence-electron chi connectivity index (χ3n) is 2.77. The number of carbonyl (C=O) groups is 2. The summed E-state index contributed by atoms with van der Waals surface area (Å²) in [7, 11) is 0. The van der Waals surface area contributed by atoms with Crippen LogP contribution in [0.25, 0.3) is 0 Å². The Kier molecular flexibility index (Phi) is 4.18. The van der Waals surface area contributed by atoms with Crippen LogP contribution in [0, 0.1) is 12.7 Å². The molecular weight excluding hydrogens is 275 g/mol. The molecule has 0 saturated carbocycles. The number of halogens is 1. The van der Waals surface area contributed by atoms with E-state index in [2.05, 4.69) is 10.6 Å².